The molecular formula is C12H16BrNO2S. The summed E-state index contributed by atoms with van der Waals surface area (Å²) in [5.41, 5.74) is 0.785. The van der Waals surface area contributed by atoms with Gasteiger partial charge in [-0.15, -0.1) is 0 Å². The number of anilines is 1. The number of aliphatic hydroxyl groups is 1. The summed E-state index contributed by atoms with van der Waals surface area (Å²) in [4.78, 5) is 11.6. The molecule has 94 valence electrons. The summed E-state index contributed by atoms with van der Waals surface area (Å²) in [6, 6.07) is 7.51. The predicted octanol–water partition coefficient (Wildman–Crippen LogP) is 2.75. The first-order chi connectivity index (χ1) is 8.13. The second-order valence-corrected chi connectivity index (χ2v) is 5.72. The molecule has 1 aromatic carbocycles. The topological polar surface area (TPSA) is 49.3 Å². The van der Waals surface area contributed by atoms with Crippen molar-refractivity contribution in [3.05, 3.63) is 28.7 Å². The minimum absolute atomic E-state index is 0.0213. The summed E-state index contributed by atoms with van der Waals surface area (Å²) in [7, 11) is 0. The van der Waals surface area contributed by atoms with E-state index >= 15 is 0 Å². The zero-order chi connectivity index (χ0) is 12.7. The standard InChI is InChI=1S/C12H16BrNO2S/c1-9(6-15)7-17-8-12(16)14-11-5-3-2-4-10(11)13/h2-5,9,15H,6-8H2,1H3,(H,14,16). The number of amides is 1. The maximum atomic E-state index is 11.6. The third-order valence-electron chi connectivity index (χ3n) is 2.10. The zero-order valence-corrected chi connectivity index (χ0v) is 12.1. The number of nitrogens with one attached hydrogen (secondary N) is 1. The Hall–Kier alpha value is -0.520. The van der Waals surface area contributed by atoms with Crippen LogP contribution in [0.5, 0.6) is 0 Å². The molecule has 2 N–H and O–H groups in total. The Morgan fingerprint density at radius 3 is 2.88 bits per heavy atom. The Morgan fingerprint density at radius 1 is 1.53 bits per heavy atom. The van der Waals surface area contributed by atoms with Crippen LogP contribution in [0.15, 0.2) is 28.7 Å². The maximum absolute atomic E-state index is 11.6. The van der Waals surface area contributed by atoms with E-state index in [2.05, 4.69) is 21.2 Å². The van der Waals surface area contributed by atoms with Crippen molar-refractivity contribution in [1.29, 1.82) is 0 Å². The number of halogens is 1. The van der Waals surface area contributed by atoms with Crippen molar-refractivity contribution >= 4 is 39.3 Å². The summed E-state index contributed by atoms with van der Waals surface area (Å²) in [5, 5.41) is 11.7. The van der Waals surface area contributed by atoms with Crippen LogP contribution in [0.4, 0.5) is 5.69 Å². The molecular weight excluding hydrogens is 302 g/mol. The Kier molecular flexibility index (Phi) is 6.62. The van der Waals surface area contributed by atoms with Crippen molar-refractivity contribution in [1.82, 2.24) is 0 Å². The highest BCUT2D eigenvalue weighted by molar-refractivity contribution is 9.10. The van der Waals surface area contributed by atoms with Crippen LogP contribution >= 0.6 is 27.7 Å². The van der Waals surface area contributed by atoms with Gasteiger partial charge in [0.25, 0.3) is 0 Å². The van der Waals surface area contributed by atoms with Gasteiger partial charge in [0.1, 0.15) is 0 Å². The molecule has 1 aromatic rings. The van der Waals surface area contributed by atoms with Crippen LogP contribution in [0.25, 0.3) is 0 Å². The molecule has 1 rings (SSSR count). The van der Waals surface area contributed by atoms with Crippen LogP contribution in [0.3, 0.4) is 0 Å². The highest BCUT2D eigenvalue weighted by Crippen LogP contribution is 2.21. The third kappa shape index (κ3) is 5.57. The molecule has 0 bridgehead atoms. The van der Waals surface area contributed by atoms with E-state index in [0.29, 0.717) is 5.75 Å². The van der Waals surface area contributed by atoms with Crippen LogP contribution in [-0.2, 0) is 4.79 Å². The van der Waals surface area contributed by atoms with Crippen LogP contribution in [0.1, 0.15) is 6.92 Å². The molecule has 1 unspecified atom stereocenters. The normalized spacial score (nSPS) is 12.2. The molecule has 0 aromatic heterocycles. The van der Waals surface area contributed by atoms with Gasteiger partial charge in [0.2, 0.25) is 5.91 Å². The predicted molar refractivity (Wildman–Crippen MR) is 76.3 cm³/mol. The number of benzene rings is 1. The molecule has 0 saturated carbocycles. The number of carbonyl (C=O) groups is 1. The minimum atomic E-state index is -0.0213. The molecule has 0 saturated heterocycles. The minimum Gasteiger partial charge on any atom is -0.396 e. The summed E-state index contributed by atoms with van der Waals surface area (Å²) in [6.45, 7) is 2.12. The quantitative estimate of drug-likeness (QED) is 0.848. The van der Waals surface area contributed by atoms with Crippen molar-refractivity contribution in [3.8, 4) is 0 Å². The third-order valence-corrected chi connectivity index (χ3v) is 4.06. The lowest BCUT2D eigenvalue weighted by Gasteiger charge is -2.08. The first-order valence-electron chi connectivity index (χ1n) is 5.36. The fourth-order valence-corrected chi connectivity index (χ4v) is 2.42. The Balaban J connectivity index is 2.33. The largest absolute Gasteiger partial charge is 0.396 e. The number of rotatable bonds is 6. The molecule has 0 radical (unpaired) electrons. The van der Waals surface area contributed by atoms with E-state index in [1.165, 1.54) is 11.8 Å². The smallest absolute Gasteiger partial charge is 0.234 e. The van der Waals surface area contributed by atoms with Crippen molar-refractivity contribution in [2.75, 3.05) is 23.4 Å². The Bertz CT molecular complexity index is 373. The van der Waals surface area contributed by atoms with Crippen molar-refractivity contribution in [3.63, 3.8) is 0 Å². The van der Waals surface area contributed by atoms with Crippen molar-refractivity contribution < 1.29 is 9.90 Å². The molecule has 3 nitrogen and oxygen atoms in total. The van der Waals surface area contributed by atoms with E-state index in [1.807, 2.05) is 31.2 Å². The molecule has 0 aliphatic heterocycles. The number of para-hydroxylation sites is 1. The van der Waals surface area contributed by atoms with Crippen LogP contribution in [0.2, 0.25) is 0 Å². The first-order valence-corrected chi connectivity index (χ1v) is 7.31. The second kappa shape index (κ2) is 7.74. The van der Waals surface area contributed by atoms with Gasteiger partial charge < -0.3 is 10.4 Å². The average Bonchev–Trinajstić information content (AvgIpc) is 2.32. The average molecular weight is 318 g/mol. The summed E-state index contributed by atoms with van der Waals surface area (Å²) in [6.07, 6.45) is 0. The summed E-state index contributed by atoms with van der Waals surface area (Å²) < 4.78 is 0.877. The van der Waals surface area contributed by atoms with Gasteiger partial charge in [-0.1, -0.05) is 19.1 Å². The number of hydrogen-bond acceptors (Lipinski definition) is 3. The van der Waals surface area contributed by atoms with Crippen LogP contribution in [0, 0.1) is 5.92 Å². The Morgan fingerprint density at radius 2 is 2.24 bits per heavy atom. The molecule has 0 heterocycles. The van der Waals surface area contributed by atoms with Crippen molar-refractivity contribution in [2.45, 2.75) is 6.92 Å². The molecule has 0 fully saturated rings. The van der Waals surface area contributed by atoms with E-state index in [1.54, 1.807) is 0 Å². The number of carbonyl (C=O) groups excluding carboxylic acids is 1. The van der Waals surface area contributed by atoms with Gasteiger partial charge in [-0.05, 0) is 39.7 Å². The molecule has 1 amide bonds. The van der Waals surface area contributed by atoms with Crippen LogP contribution in [-0.4, -0.2) is 29.1 Å². The molecule has 0 aliphatic carbocycles. The highest BCUT2D eigenvalue weighted by atomic mass is 79.9. The van der Waals surface area contributed by atoms with E-state index in [0.717, 1.165) is 15.9 Å². The van der Waals surface area contributed by atoms with E-state index < -0.39 is 0 Å². The highest BCUT2D eigenvalue weighted by Gasteiger charge is 2.06. The van der Waals surface area contributed by atoms with Gasteiger partial charge in [0.05, 0.1) is 11.4 Å². The second-order valence-electron chi connectivity index (χ2n) is 3.83. The summed E-state index contributed by atoms with van der Waals surface area (Å²) in [5.74, 6) is 1.41. The van der Waals surface area contributed by atoms with E-state index in [9.17, 15) is 4.79 Å². The van der Waals surface area contributed by atoms with Gasteiger partial charge >= 0.3 is 0 Å². The van der Waals surface area contributed by atoms with E-state index in [-0.39, 0.29) is 18.4 Å². The van der Waals surface area contributed by atoms with E-state index in [4.69, 9.17) is 5.11 Å². The molecule has 1 atom stereocenters. The lowest BCUT2D eigenvalue weighted by atomic mass is 10.2. The lowest BCUT2D eigenvalue weighted by Crippen LogP contribution is -2.15. The lowest BCUT2D eigenvalue weighted by molar-refractivity contribution is -0.113. The van der Waals surface area contributed by atoms with Gasteiger partial charge in [-0.25, -0.2) is 0 Å². The Labute approximate surface area is 114 Å². The summed E-state index contributed by atoms with van der Waals surface area (Å²) >= 11 is 4.90. The monoisotopic (exact) mass is 317 g/mol. The molecule has 0 aliphatic rings. The maximum Gasteiger partial charge on any atom is 0.234 e. The van der Waals surface area contributed by atoms with Gasteiger partial charge in [0, 0.05) is 11.1 Å². The first kappa shape index (κ1) is 14.5. The van der Waals surface area contributed by atoms with Gasteiger partial charge in [0.15, 0.2) is 0 Å². The van der Waals surface area contributed by atoms with Crippen LogP contribution < -0.4 is 5.32 Å². The fourth-order valence-electron chi connectivity index (χ4n) is 1.15. The van der Waals surface area contributed by atoms with Crippen molar-refractivity contribution in [2.24, 2.45) is 5.92 Å². The number of hydrogen-bond donors (Lipinski definition) is 2. The van der Waals surface area contributed by atoms with Gasteiger partial charge in [-0.2, -0.15) is 11.8 Å². The number of aliphatic hydroxyl groups excluding tert-OH is 1. The van der Waals surface area contributed by atoms with Gasteiger partial charge in [-0.3, -0.25) is 4.79 Å². The fraction of sp³-hybridized carbons (Fsp3) is 0.417. The SMILES string of the molecule is CC(CO)CSCC(=O)Nc1ccccc1Br. The molecule has 0 spiro atoms. The zero-order valence-electron chi connectivity index (χ0n) is 9.65. The number of thioether (sulfide) groups is 1. The molecule has 17 heavy (non-hydrogen) atoms. The molecule has 5 heteroatoms.